The molecule has 106 valence electrons. The minimum Gasteiger partial charge on any atom is -0.319 e. The maximum absolute atomic E-state index is 12.0. The molecule has 20 heavy (non-hydrogen) atoms. The highest BCUT2D eigenvalue weighted by atomic mass is 16.2. The highest BCUT2D eigenvalue weighted by Gasteiger charge is 2.12. The molecule has 5 nitrogen and oxygen atoms in total. The van der Waals surface area contributed by atoms with E-state index >= 15 is 0 Å². The molecule has 1 amide bonds. The topological polar surface area (TPSA) is 70.7 Å². The van der Waals surface area contributed by atoms with Gasteiger partial charge in [0.25, 0.3) is 5.91 Å². The van der Waals surface area contributed by atoms with Crippen LogP contribution < -0.4 is 5.32 Å². The number of nitrogens with one attached hydrogen (secondary N) is 2. The van der Waals surface area contributed by atoms with Crippen molar-refractivity contribution >= 4 is 11.6 Å². The Morgan fingerprint density at radius 1 is 1.15 bits per heavy atom. The Morgan fingerprint density at radius 2 is 1.85 bits per heavy atom. The van der Waals surface area contributed by atoms with E-state index < -0.39 is 0 Å². The number of aryl methyl sites for hydroxylation is 2. The van der Waals surface area contributed by atoms with Gasteiger partial charge in [-0.05, 0) is 30.5 Å². The Hall–Kier alpha value is -2.17. The Kier molecular flexibility index (Phi) is 4.87. The Morgan fingerprint density at radius 3 is 2.50 bits per heavy atom. The fourth-order valence-electron chi connectivity index (χ4n) is 1.98. The van der Waals surface area contributed by atoms with Gasteiger partial charge in [0.2, 0.25) is 5.82 Å². The number of amides is 1. The second kappa shape index (κ2) is 6.84. The van der Waals surface area contributed by atoms with Gasteiger partial charge in [-0.1, -0.05) is 32.4 Å². The van der Waals surface area contributed by atoms with Gasteiger partial charge in [-0.3, -0.25) is 9.89 Å². The summed E-state index contributed by atoms with van der Waals surface area (Å²) in [6.07, 6.45) is 3.93. The van der Waals surface area contributed by atoms with Crippen LogP contribution in [-0.4, -0.2) is 21.1 Å². The third kappa shape index (κ3) is 3.66. The molecule has 1 aromatic carbocycles. The van der Waals surface area contributed by atoms with Gasteiger partial charge in [-0.2, -0.15) is 0 Å². The predicted molar refractivity (Wildman–Crippen MR) is 78.8 cm³/mol. The van der Waals surface area contributed by atoms with E-state index in [1.54, 1.807) is 0 Å². The second-order valence-electron chi connectivity index (χ2n) is 4.76. The van der Waals surface area contributed by atoms with E-state index in [1.807, 2.05) is 24.3 Å². The van der Waals surface area contributed by atoms with Crippen LogP contribution >= 0.6 is 0 Å². The number of hydrogen-bond acceptors (Lipinski definition) is 3. The molecule has 0 aliphatic carbocycles. The molecule has 0 fully saturated rings. The third-order valence-electron chi connectivity index (χ3n) is 2.97. The summed E-state index contributed by atoms with van der Waals surface area (Å²) in [6, 6.07) is 7.87. The number of hydrogen-bond donors (Lipinski definition) is 2. The fraction of sp³-hybridized carbons (Fsp3) is 0.400. The summed E-state index contributed by atoms with van der Waals surface area (Å²) in [4.78, 5) is 16.2. The quantitative estimate of drug-likeness (QED) is 0.849. The summed E-state index contributed by atoms with van der Waals surface area (Å²) >= 11 is 0. The van der Waals surface area contributed by atoms with Crippen molar-refractivity contribution in [2.45, 2.75) is 39.5 Å². The average Bonchev–Trinajstić information content (AvgIpc) is 2.90. The van der Waals surface area contributed by atoms with Crippen molar-refractivity contribution in [2.24, 2.45) is 0 Å². The first-order chi connectivity index (χ1) is 9.72. The summed E-state index contributed by atoms with van der Waals surface area (Å²) in [5, 5.41) is 9.51. The molecule has 0 spiro atoms. The molecule has 2 N–H and O–H groups in total. The van der Waals surface area contributed by atoms with Gasteiger partial charge in [0, 0.05) is 12.1 Å². The van der Waals surface area contributed by atoms with Crippen molar-refractivity contribution in [3.63, 3.8) is 0 Å². The molecule has 0 bridgehead atoms. The number of aromatic amines is 1. The molecule has 0 unspecified atom stereocenters. The molecular weight excluding hydrogens is 252 g/mol. The van der Waals surface area contributed by atoms with Crippen LogP contribution in [0.2, 0.25) is 0 Å². The number of aromatic nitrogens is 3. The van der Waals surface area contributed by atoms with E-state index in [2.05, 4.69) is 34.3 Å². The van der Waals surface area contributed by atoms with E-state index in [4.69, 9.17) is 0 Å². The fourth-order valence-corrected chi connectivity index (χ4v) is 1.98. The predicted octanol–water partition coefficient (Wildman–Crippen LogP) is 2.96. The number of rotatable bonds is 6. The lowest BCUT2D eigenvalue weighted by atomic mass is 10.1. The maximum Gasteiger partial charge on any atom is 0.295 e. The molecule has 0 saturated heterocycles. The lowest BCUT2D eigenvalue weighted by Gasteiger charge is -2.04. The molecule has 0 atom stereocenters. The summed E-state index contributed by atoms with van der Waals surface area (Å²) in [5.41, 5.74) is 2.03. The summed E-state index contributed by atoms with van der Waals surface area (Å²) < 4.78 is 0. The zero-order valence-corrected chi connectivity index (χ0v) is 11.9. The lowest BCUT2D eigenvalue weighted by Crippen LogP contribution is -2.13. The number of benzene rings is 1. The number of carbonyl (C=O) groups excluding carboxylic acids is 1. The monoisotopic (exact) mass is 272 g/mol. The van der Waals surface area contributed by atoms with Crippen LogP contribution in [0.4, 0.5) is 5.69 Å². The van der Waals surface area contributed by atoms with Crippen molar-refractivity contribution in [1.29, 1.82) is 0 Å². The molecule has 0 aliphatic rings. The van der Waals surface area contributed by atoms with E-state index in [1.165, 1.54) is 5.56 Å². The number of anilines is 1. The van der Waals surface area contributed by atoms with Crippen molar-refractivity contribution in [3.05, 3.63) is 41.5 Å². The maximum atomic E-state index is 12.0. The van der Waals surface area contributed by atoms with Crippen LogP contribution in [0, 0.1) is 0 Å². The zero-order chi connectivity index (χ0) is 14.4. The van der Waals surface area contributed by atoms with Crippen molar-refractivity contribution < 1.29 is 4.79 Å². The minimum absolute atomic E-state index is 0.186. The molecule has 5 heteroatoms. The van der Waals surface area contributed by atoms with E-state index in [0.29, 0.717) is 0 Å². The van der Waals surface area contributed by atoms with Gasteiger partial charge < -0.3 is 5.32 Å². The minimum atomic E-state index is -0.285. The van der Waals surface area contributed by atoms with Crippen LogP contribution in [0.5, 0.6) is 0 Å². The molecular formula is C15H20N4O. The van der Waals surface area contributed by atoms with Crippen LogP contribution in [0.15, 0.2) is 24.3 Å². The molecule has 1 heterocycles. The molecule has 0 radical (unpaired) electrons. The van der Waals surface area contributed by atoms with Gasteiger partial charge in [-0.25, -0.2) is 4.98 Å². The summed E-state index contributed by atoms with van der Waals surface area (Å²) in [7, 11) is 0. The summed E-state index contributed by atoms with van der Waals surface area (Å²) in [6.45, 7) is 4.20. The third-order valence-corrected chi connectivity index (χ3v) is 2.97. The molecule has 2 aromatic rings. The number of carbonyl (C=O) groups is 1. The van der Waals surface area contributed by atoms with E-state index in [-0.39, 0.29) is 11.7 Å². The number of H-pyrrole nitrogens is 1. The van der Waals surface area contributed by atoms with Crippen LogP contribution in [0.1, 0.15) is 48.7 Å². The molecule has 1 aromatic heterocycles. The lowest BCUT2D eigenvalue weighted by molar-refractivity contribution is 0.101. The van der Waals surface area contributed by atoms with Gasteiger partial charge in [0.1, 0.15) is 5.82 Å². The van der Waals surface area contributed by atoms with Gasteiger partial charge >= 0.3 is 0 Å². The van der Waals surface area contributed by atoms with Crippen molar-refractivity contribution in [3.8, 4) is 0 Å². The van der Waals surface area contributed by atoms with Crippen LogP contribution in [0.3, 0.4) is 0 Å². The van der Waals surface area contributed by atoms with Crippen LogP contribution in [-0.2, 0) is 12.8 Å². The zero-order valence-electron chi connectivity index (χ0n) is 11.9. The Labute approximate surface area is 118 Å². The Bertz CT molecular complexity index is 560. The first-order valence-corrected chi connectivity index (χ1v) is 7.04. The normalized spacial score (nSPS) is 10.5. The standard InChI is InChI=1S/C15H20N4O/c1-3-5-11-7-9-12(10-8-11)16-15(20)14-17-13(6-4-2)18-19-14/h7-10H,3-6H2,1-2H3,(H,16,20)(H,17,18,19). The smallest absolute Gasteiger partial charge is 0.295 e. The SMILES string of the molecule is CCCc1ccc(NC(=O)c2n[nH]c(CCC)n2)cc1. The number of nitrogens with zero attached hydrogens (tertiary/aromatic N) is 2. The first-order valence-electron chi connectivity index (χ1n) is 7.04. The highest BCUT2D eigenvalue weighted by Crippen LogP contribution is 2.11. The van der Waals surface area contributed by atoms with Crippen LogP contribution in [0.25, 0.3) is 0 Å². The average molecular weight is 272 g/mol. The second-order valence-corrected chi connectivity index (χ2v) is 4.76. The Balaban J connectivity index is 1.99. The van der Waals surface area contributed by atoms with Crippen molar-refractivity contribution in [2.75, 3.05) is 5.32 Å². The van der Waals surface area contributed by atoms with E-state index in [0.717, 1.165) is 37.2 Å². The summed E-state index contributed by atoms with van der Waals surface area (Å²) in [5.74, 6) is 0.647. The highest BCUT2D eigenvalue weighted by molar-refractivity contribution is 6.01. The largest absolute Gasteiger partial charge is 0.319 e. The van der Waals surface area contributed by atoms with Gasteiger partial charge in [0.05, 0.1) is 0 Å². The molecule has 0 saturated carbocycles. The van der Waals surface area contributed by atoms with Crippen molar-refractivity contribution in [1.82, 2.24) is 15.2 Å². The van der Waals surface area contributed by atoms with E-state index in [9.17, 15) is 4.79 Å². The molecule has 2 rings (SSSR count). The van der Waals surface area contributed by atoms with Gasteiger partial charge in [-0.15, -0.1) is 5.10 Å². The molecule has 0 aliphatic heterocycles. The van der Waals surface area contributed by atoms with Gasteiger partial charge in [0.15, 0.2) is 0 Å². The first kappa shape index (κ1) is 14.2.